The van der Waals surface area contributed by atoms with Gasteiger partial charge in [0.05, 0.1) is 0 Å². The second-order valence-corrected chi connectivity index (χ2v) is 2.68. The predicted octanol–water partition coefficient (Wildman–Crippen LogP) is 1.10. The number of nitrogens with one attached hydrogen (secondary N) is 1. The Balaban J connectivity index is 2.25. The van der Waals surface area contributed by atoms with E-state index in [1.165, 1.54) is 30.5 Å². The Hall–Kier alpha value is -0.920. The third kappa shape index (κ3) is 0.897. The van der Waals surface area contributed by atoms with Crippen LogP contribution in [0.3, 0.4) is 0 Å². The van der Waals surface area contributed by atoms with E-state index in [0.29, 0.717) is 0 Å². The highest BCUT2D eigenvalue weighted by Crippen LogP contribution is 2.22. The van der Waals surface area contributed by atoms with Gasteiger partial charge in [0.25, 0.3) is 0 Å². The second-order valence-electron chi connectivity index (χ2n) is 2.68. The molecular formula is C8H11N2. The van der Waals surface area contributed by atoms with Gasteiger partial charge in [-0.3, -0.25) is 5.32 Å². The van der Waals surface area contributed by atoms with Crippen molar-refractivity contribution in [2.24, 2.45) is 0 Å². The molecule has 0 saturated carbocycles. The number of hydrogen-bond donors (Lipinski definition) is 1. The van der Waals surface area contributed by atoms with E-state index < -0.39 is 0 Å². The van der Waals surface area contributed by atoms with Gasteiger partial charge in [0.15, 0.2) is 0 Å². The average molecular weight is 135 g/mol. The van der Waals surface area contributed by atoms with Crippen molar-refractivity contribution >= 4 is 0 Å². The largest absolute Gasteiger partial charge is 0.366 e. The zero-order valence-electron chi connectivity index (χ0n) is 5.93. The topological polar surface area (TPSA) is 26.1 Å². The molecule has 2 aliphatic rings. The Bertz CT molecular complexity index is 169. The first-order valence-electron chi connectivity index (χ1n) is 3.77. The van der Waals surface area contributed by atoms with Crippen LogP contribution in [0.25, 0.3) is 0 Å². The van der Waals surface area contributed by atoms with Crippen LogP contribution in [0.4, 0.5) is 0 Å². The van der Waals surface area contributed by atoms with Crippen LogP contribution in [0.5, 0.6) is 0 Å². The first-order chi connectivity index (χ1) is 4.97. The number of hydrogen-bond acceptors (Lipinski definition) is 1. The normalized spacial score (nSPS) is 23.2. The monoisotopic (exact) mass is 135 g/mol. The highest BCUT2D eigenvalue weighted by Gasteiger charge is 2.11. The molecule has 2 rings (SSSR count). The van der Waals surface area contributed by atoms with Gasteiger partial charge in [0.2, 0.25) is 0 Å². The van der Waals surface area contributed by atoms with E-state index in [-0.39, 0.29) is 0 Å². The lowest BCUT2D eigenvalue weighted by molar-refractivity contribution is 0.647. The molecule has 0 aromatic rings. The fourth-order valence-electron chi connectivity index (χ4n) is 1.41. The molecule has 0 aromatic heterocycles. The summed E-state index contributed by atoms with van der Waals surface area (Å²) >= 11 is 0. The van der Waals surface area contributed by atoms with Crippen molar-refractivity contribution in [3.8, 4) is 0 Å². The first kappa shape index (κ1) is 5.83. The molecule has 0 amide bonds. The molecule has 1 N–H and O–H groups in total. The van der Waals surface area contributed by atoms with Crippen LogP contribution >= 0.6 is 0 Å². The van der Waals surface area contributed by atoms with E-state index in [9.17, 15) is 0 Å². The van der Waals surface area contributed by atoms with Crippen LogP contribution in [-0.4, -0.2) is 6.67 Å². The molecule has 1 aliphatic carbocycles. The third-order valence-electron chi connectivity index (χ3n) is 1.95. The molecule has 2 heteroatoms. The lowest BCUT2D eigenvalue weighted by atomic mass is 9.99. The smallest absolute Gasteiger partial charge is 0.107 e. The molecule has 1 heterocycles. The van der Waals surface area contributed by atoms with Gasteiger partial charge in [-0.25, -0.2) is 0 Å². The summed E-state index contributed by atoms with van der Waals surface area (Å²) < 4.78 is 0. The highest BCUT2D eigenvalue weighted by molar-refractivity contribution is 5.32. The molecule has 0 atom stereocenters. The molecule has 1 radical (unpaired) electrons. The molecule has 0 unspecified atom stereocenters. The van der Waals surface area contributed by atoms with Gasteiger partial charge < -0.3 is 5.32 Å². The highest BCUT2D eigenvalue weighted by atomic mass is 15.1. The van der Waals surface area contributed by atoms with Crippen molar-refractivity contribution in [3.63, 3.8) is 0 Å². The fourth-order valence-corrected chi connectivity index (χ4v) is 1.41. The van der Waals surface area contributed by atoms with Crippen molar-refractivity contribution in [3.05, 3.63) is 23.5 Å². The number of allylic oxidation sites excluding steroid dienone is 2. The standard InChI is InChI=1S/C8H11N2/c1-2-4-8-7(3-1)5-9-6-10-8/h4-5,10H,1-3,6H2. The molecule has 2 nitrogen and oxygen atoms in total. The van der Waals surface area contributed by atoms with Gasteiger partial charge in [-0.2, -0.15) is 0 Å². The Morgan fingerprint density at radius 2 is 2.50 bits per heavy atom. The molecule has 1 aliphatic heterocycles. The van der Waals surface area contributed by atoms with Gasteiger partial charge >= 0.3 is 0 Å². The van der Waals surface area contributed by atoms with Crippen LogP contribution in [0.2, 0.25) is 0 Å². The summed E-state index contributed by atoms with van der Waals surface area (Å²) in [5, 5.41) is 7.39. The van der Waals surface area contributed by atoms with E-state index in [2.05, 4.69) is 16.7 Å². The van der Waals surface area contributed by atoms with E-state index in [1.54, 1.807) is 0 Å². The van der Waals surface area contributed by atoms with E-state index >= 15 is 0 Å². The summed E-state index contributed by atoms with van der Waals surface area (Å²) in [5.41, 5.74) is 2.71. The third-order valence-corrected chi connectivity index (χ3v) is 1.95. The minimum Gasteiger partial charge on any atom is -0.366 e. The molecular weight excluding hydrogens is 124 g/mol. The lowest BCUT2D eigenvalue weighted by Crippen LogP contribution is -2.27. The van der Waals surface area contributed by atoms with E-state index in [1.807, 2.05) is 6.20 Å². The van der Waals surface area contributed by atoms with E-state index in [0.717, 1.165) is 6.67 Å². The number of fused-ring (bicyclic) bond motifs is 1. The quantitative estimate of drug-likeness (QED) is 0.529. The van der Waals surface area contributed by atoms with Crippen LogP contribution in [0, 0.1) is 0 Å². The summed E-state index contributed by atoms with van der Waals surface area (Å²) in [4.78, 5) is 0. The molecule has 0 bridgehead atoms. The summed E-state index contributed by atoms with van der Waals surface area (Å²) in [6.07, 6.45) is 7.97. The van der Waals surface area contributed by atoms with Gasteiger partial charge in [0.1, 0.15) is 6.67 Å². The van der Waals surface area contributed by atoms with Crippen LogP contribution < -0.4 is 10.6 Å². The van der Waals surface area contributed by atoms with Crippen molar-refractivity contribution < 1.29 is 0 Å². The molecule has 0 spiro atoms. The van der Waals surface area contributed by atoms with Crippen LogP contribution in [-0.2, 0) is 0 Å². The SMILES string of the molecule is C1=C2CCCC=C2NC[N]1. The second kappa shape index (κ2) is 2.37. The van der Waals surface area contributed by atoms with Gasteiger partial charge in [-0.05, 0) is 24.8 Å². The maximum absolute atomic E-state index is 4.15. The Morgan fingerprint density at radius 3 is 3.40 bits per heavy atom. The summed E-state index contributed by atoms with van der Waals surface area (Å²) in [7, 11) is 0. The van der Waals surface area contributed by atoms with Gasteiger partial charge in [0, 0.05) is 11.9 Å². The Morgan fingerprint density at radius 1 is 1.50 bits per heavy atom. The van der Waals surface area contributed by atoms with Crippen LogP contribution in [0.1, 0.15) is 19.3 Å². The maximum atomic E-state index is 4.15. The first-order valence-corrected chi connectivity index (χ1v) is 3.77. The minimum atomic E-state index is 0.759. The van der Waals surface area contributed by atoms with Crippen molar-refractivity contribution in [2.45, 2.75) is 19.3 Å². The molecule has 0 aromatic carbocycles. The molecule has 53 valence electrons. The Labute approximate surface area is 61.0 Å². The number of nitrogens with zero attached hydrogens (tertiary/aromatic N) is 1. The minimum absolute atomic E-state index is 0.759. The van der Waals surface area contributed by atoms with Crippen molar-refractivity contribution in [1.82, 2.24) is 10.6 Å². The van der Waals surface area contributed by atoms with Gasteiger partial charge in [-0.1, -0.05) is 6.08 Å². The Kier molecular flexibility index (Phi) is 1.38. The van der Waals surface area contributed by atoms with E-state index in [4.69, 9.17) is 0 Å². The maximum Gasteiger partial charge on any atom is 0.107 e. The molecule has 0 fully saturated rings. The summed E-state index contributed by atoms with van der Waals surface area (Å²) in [6.45, 7) is 0.759. The fraction of sp³-hybridized carbons (Fsp3) is 0.500. The van der Waals surface area contributed by atoms with Gasteiger partial charge in [-0.15, -0.1) is 0 Å². The molecule has 0 saturated heterocycles. The zero-order valence-corrected chi connectivity index (χ0v) is 5.93. The van der Waals surface area contributed by atoms with Crippen molar-refractivity contribution in [2.75, 3.05) is 6.67 Å². The average Bonchev–Trinajstić information content (AvgIpc) is 2.05. The number of rotatable bonds is 0. The summed E-state index contributed by atoms with van der Waals surface area (Å²) in [5.74, 6) is 0. The van der Waals surface area contributed by atoms with Crippen molar-refractivity contribution in [1.29, 1.82) is 0 Å². The van der Waals surface area contributed by atoms with Crippen LogP contribution in [0.15, 0.2) is 23.5 Å². The predicted molar refractivity (Wildman–Crippen MR) is 40.2 cm³/mol. The molecule has 10 heavy (non-hydrogen) atoms. The lowest BCUT2D eigenvalue weighted by Gasteiger charge is -2.21. The zero-order chi connectivity index (χ0) is 6.81. The summed E-state index contributed by atoms with van der Waals surface area (Å²) in [6, 6.07) is 0.